The molecule has 0 atom stereocenters. The molecular formula is C14H14N2O3. The molecule has 0 aliphatic carbocycles. The molecule has 1 aromatic carbocycles. The molecule has 0 saturated heterocycles. The van der Waals surface area contributed by atoms with Crippen molar-refractivity contribution in [3.8, 4) is 11.5 Å². The Morgan fingerprint density at radius 3 is 3.05 bits per heavy atom. The molecule has 98 valence electrons. The van der Waals surface area contributed by atoms with Gasteiger partial charge >= 0.3 is 0 Å². The molecule has 19 heavy (non-hydrogen) atoms. The first kappa shape index (κ1) is 11.8. The fraction of sp³-hybridized carbons (Fsp3) is 0.286. The zero-order valence-electron chi connectivity index (χ0n) is 10.6. The monoisotopic (exact) mass is 258 g/mol. The Bertz CT molecular complexity index is 619. The van der Waals surface area contributed by atoms with Crippen molar-refractivity contribution in [1.29, 1.82) is 0 Å². The Morgan fingerprint density at radius 1 is 1.37 bits per heavy atom. The first-order valence-electron chi connectivity index (χ1n) is 6.25. The standard InChI is InChI=1S/C14H14N2O3/c1-2-6-16-7-5-15-14(16)13(17)10-3-4-11-12(8-10)19-9-18-11/h3-5,7-8H,2,6,9H2,1H3. The van der Waals surface area contributed by atoms with Crippen LogP contribution in [0.4, 0.5) is 0 Å². The fourth-order valence-electron chi connectivity index (χ4n) is 2.11. The van der Waals surface area contributed by atoms with Crippen LogP contribution in [0.3, 0.4) is 0 Å². The Labute approximate surface area is 110 Å². The SMILES string of the molecule is CCCn1ccnc1C(=O)c1ccc2c(c1)OCO2. The van der Waals surface area contributed by atoms with E-state index in [4.69, 9.17) is 9.47 Å². The van der Waals surface area contributed by atoms with Crippen LogP contribution in [-0.4, -0.2) is 22.1 Å². The van der Waals surface area contributed by atoms with Gasteiger partial charge in [-0.15, -0.1) is 0 Å². The van der Waals surface area contributed by atoms with Gasteiger partial charge in [-0.3, -0.25) is 4.79 Å². The summed E-state index contributed by atoms with van der Waals surface area (Å²) in [6.45, 7) is 3.05. The second-order valence-corrected chi connectivity index (χ2v) is 4.34. The van der Waals surface area contributed by atoms with Gasteiger partial charge in [0.25, 0.3) is 0 Å². The molecule has 0 saturated carbocycles. The lowest BCUT2D eigenvalue weighted by Gasteiger charge is -2.06. The highest BCUT2D eigenvalue weighted by Crippen LogP contribution is 2.32. The van der Waals surface area contributed by atoms with Crippen LogP contribution < -0.4 is 9.47 Å². The van der Waals surface area contributed by atoms with E-state index in [0.717, 1.165) is 13.0 Å². The predicted molar refractivity (Wildman–Crippen MR) is 68.5 cm³/mol. The van der Waals surface area contributed by atoms with Crippen LogP contribution in [0.1, 0.15) is 29.5 Å². The van der Waals surface area contributed by atoms with Gasteiger partial charge in [0, 0.05) is 24.5 Å². The van der Waals surface area contributed by atoms with Crippen molar-refractivity contribution < 1.29 is 14.3 Å². The molecular weight excluding hydrogens is 244 g/mol. The van der Waals surface area contributed by atoms with Crippen molar-refractivity contribution in [3.63, 3.8) is 0 Å². The molecule has 0 unspecified atom stereocenters. The zero-order chi connectivity index (χ0) is 13.2. The smallest absolute Gasteiger partial charge is 0.231 e. The van der Waals surface area contributed by atoms with Crippen LogP contribution in [0.15, 0.2) is 30.6 Å². The van der Waals surface area contributed by atoms with Crippen LogP contribution in [-0.2, 0) is 6.54 Å². The molecule has 3 rings (SSSR count). The van der Waals surface area contributed by atoms with E-state index in [1.807, 2.05) is 10.8 Å². The Balaban J connectivity index is 1.93. The number of carbonyl (C=O) groups excluding carboxylic acids is 1. The molecule has 1 aliphatic rings. The number of hydrogen-bond donors (Lipinski definition) is 0. The Hall–Kier alpha value is -2.30. The van der Waals surface area contributed by atoms with E-state index in [1.54, 1.807) is 24.4 Å². The average Bonchev–Trinajstić information content (AvgIpc) is 3.05. The van der Waals surface area contributed by atoms with E-state index in [1.165, 1.54) is 0 Å². The molecule has 2 heterocycles. The second kappa shape index (κ2) is 4.76. The van der Waals surface area contributed by atoms with E-state index in [-0.39, 0.29) is 12.6 Å². The maximum Gasteiger partial charge on any atom is 0.231 e. The maximum absolute atomic E-state index is 12.4. The second-order valence-electron chi connectivity index (χ2n) is 4.34. The summed E-state index contributed by atoms with van der Waals surface area (Å²) >= 11 is 0. The summed E-state index contributed by atoms with van der Waals surface area (Å²) in [4.78, 5) is 16.6. The molecule has 5 nitrogen and oxygen atoms in total. The van der Waals surface area contributed by atoms with E-state index in [0.29, 0.717) is 22.9 Å². The van der Waals surface area contributed by atoms with Gasteiger partial charge in [-0.2, -0.15) is 0 Å². The van der Waals surface area contributed by atoms with Gasteiger partial charge in [0.15, 0.2) is 17.3 Å². The van der Waals surface area contributed by atoms with Crippen LogP contribution in [0.5, 0.6) is 11.5 Å². The number of ketones is 1. The van der Waals surface area contributed by atoms with E-state index < -0.39 is 0 Å². The number of aromatic nitrogens is 2. The number of ether oxygens (including phenoxy) is 2. The highest BCUT2D eigenvalue weighted by atomic mass is 16.7. The third-order valence-electron chi connectivity index (χ3n) is 3.02. The summed E-state index contributed by atoms with van der Waals surface area (Å²) in [7, 11) is 0. The molecule has 1 aromatic heterocycles. The van der Waals surface area contributed by atoms with Crippen molar-refractivity contribution >= 4 is 5.78 Å². The number of hydrogen-bond acceptors (Lipinski definition) is 4. The lowest BCUT2D eigenvalue weighted by molar-refractivity contribution is 0.102. The number of benzene rings is 1. The number of aryl methyl sites for hydroxylation is 1. The van der Waals surface area contributed by atoms with E-state index >= 15 is 0 Å². The predicted octanol–water partition coefficient (Wildman–Crippen LogP) is 2.25. The minimum absolute atomic E-state index is 0.100. The van der Waals surface area contributed by atoms with Gasteiger partial charge in [-0.05, 0) is 24.6 Å². The van der Waals surface area contributed by atoms with E-state index in [9.17, 15) is 4.79 Å². The van der Waals surface area contributed by atoms with Gasteiger partial charge < -0.3 is 14.0 Å². The first-order valence-corrected chi connectivity index (χ1v) is 6.25. The summed E-state index contributed by atoms with van der Waals surface area (Å²) < 4.78 is 12.4. The first-order chi connectivity index (χ1) is 9.29. The lowest BCUT2D eigenvalue weighted by Crippen LogP contribution is -2.11. The Morgan fingerprint density at radius 2 is 2.21 bits per heavy atom. The molecule has 1 aliphatic heterocycles. The van der Waals surface area contributed by atoms with E-state index in [2.05, 4.69) is 11.9 Å². The third kappa shape index (κ3) is 2.07. The van der Waals surface area contributed by atoms with Gasteiger partial charge in [0.05, 0.1) is 0 Å². The molecule has 0 bridgehead atoms. The molecule has 0 radical (unpaired) electrons. The summed E-state index contributed by atoms with van der Waals surface area (Å²) in [6.07, 6.45) is 4.43. The van der Waals surface area contributed by atoms with Crippen LogP contribution >= 0.6 is 0 Å². The summed E-state index contributed by atoms with van der Waals surface area (Å²) in [5, 5.41) is 0. The number of fused-ring (bicyclic) bond motifs is 1. The molecule has 2 aromatic rings. The van der Waals surface area contributed by atoms with Crippen molar-refractivity contribution in [1.82, 2.24) is 9.55 Å². The van der Waals surface area contributed by atoms with Crippen LogP contribution in [0, 0.1) is 0 Å². The lowest BCUT2D eigenvalue weighted by atomic mass is 10.1. The number of nitrogens with zero attached hydrogens (tertiary/aromatic N) is 2. The molecule has 0 amide bonds. The third-order valence-corrected chi connectivity index (χ3v) is 3.02. The van der Waals surface area contributed by atoms with Crippen LogP contribution in [0.25, 0.3) is 0 Å². The van der Waals surface area contributed by atoms with Crippen molar-refractivity contribution in [2.75, 3.05) is 6.79 Å². The van der Waals surface area contributed by atoms with Gasteiger partial charge in [0.2, 0.25) is 12.6 Å². The van der Waals surface area contributed by atoms with Crippen molar-refractivity contribution in [3.05, 3.63) is 42.0 Å². The molecule has 0 spiro atoms. The average molecular weight is 258 g/mol. The topological polar surface area (TPSA) is 53.4 Å². The van der Waals surface area contributed by atoms with Gasteiger partial charge in [-0.1, -0.05) is 6.92 Å². The highest BCUT2D eigenvalue weighted by molar-refractivity contribution is 6.07. The van der Waals surface area contributed by atoms with Gasteiger partial charge in [-0.25, -0.2) is 4.98 Å². The minimum atomic E-state index is -0.100. The maximum atomic E-state index is 12.4. The Kier molecular flexibility index (Phi) is 2.95. The van der Waals surface area contributed by atoms with Crippen LogP contribution in [0.2, 0.25) is 0 Å². The quantitative estimate of drug-likeness (QED) is 0.789. The number of imidazole rings is 1. The molecule has 5 heteroatoms. The molecule has 0 fully saturated rings. The summed E-state index contributed by atoms with van der Waals surface area (Å²) in [5.74, 6) is 1.64. The molecule has 0 N–H and O–H groups in total. The summed E-state index contributed by atoms with van der Waals surface area (Å²) in [5.41, 5.74) is 0.563. The van der Waals surface area contributed by atoms with Gasteiger partial charge in [0.1, 0.15) is 0 Å². The van der Waals surface area contributed by atoms with Crippen molar-refractivity contribution in [2.24, 2.45) is 0 Å². The highest BCUT2D eigenvalue weighted by Gasteiger charge is 2.19. The minimum Gasteiger partial charge on any atom is -0.454 e. The normalized spacial score (nSPS) is 12.7. The number of rotatable bonds is 4. The van der Waals surface area contributed by atoms with Crippen molar-refractivity contribution in [2.45, 2.75) is 19.9 Å². The fourth-order valence-corrected chi connectivity index (χ4v) is 2.11. The number of carbonyl (C=O) groups is 1. The summed E-state index contributed by atoms with van der Waals surface area (Å²) in [6, 6.07) is 5.19. The zero-order valence-corrected chi connectivity index (χ0v) is 10.6. The largest absolute Gasteiger partial charge is 0.454 e.